The summed E-state index contributed by atoms with van der Waals surface area (Å²) in [6.07, 6.45) is 6.62. The fourth-order valence-electron chi connectivity index (χ4n) is 2.89. The second-order valence-electron chi connectivity index (χ2n) is 6.05. The van der Waals surface area contributed by atoms with E-state index in [0.29, 0.717) is 17.6 Å². The van der Waals surface area contributed by atoms with E-state index in [0.717, 1.165) is 16.8 Å². The number of nitrogens with zero attached hydrogens (tertiary/aromatic N) is 5. The predicted octanol–water partition coefficient (Wildman–Crippen LogP) is 2.64. The molecule has 0 spiro atoms. The molecule has 0 unspecified atom stereocenters. The van der Waals surface area contributed by atoms with Crippen LogP contribution in [0.1, 0.15) is 16.7 Å². The van der Waals surface area contributed by atoms with E-state index >= 15 is 0 Å². The molecule has 0 amide bonds. The Morgan fingerprint density at radius 3 is 2.76 bits per heavy atom. The first kappa shape index (κ1) is 15.3. The van der Waals surface area contributed by atoms with E-state index in [1.165, 1.54) is 5.56 Å². The molecule has 6 heteroatoms. The molecular weight excluding hydrogens is 314 g/mol. The summed E-state index contributed by atoms with van der Waals surface area (Å²) in [6.45, 7) is 4.53. The number of fused-ring (bicyclic) bond motifs is 1. The normalized spacial score (nSPS) is 11.1. The molecule has 0 bridgehead atoms. The maximum absolute atomic E-state index is 12.8. The maximum atomic E-state index is 12.8. The molecule has 124 valence electrons. The molecule has 0 aliphatic heterocycles. The van der Waals surface area contributed by atoms with Gasteiger partial charge in [-0.25, -0.2) is 9.67 Å². The Labute approximate surface area is 144 Å². The van der Waals surface area contributed by atoms with Gasteiger partial charge in [-0.05, 0) is 42.7 Å². The molecule has 0 aliphatic carbocycles. The van der Waals surface area contributed by atoms with Crippen LogP contribution in [0.2, 0.25) is 0 Å². The van der Waals surface area contributed by atoms with E-state index in [1.54, 1.807) is 34.2 Å². The third-order valence-corrected chi connectivity index (χ3v) is 4.43. The zero-order valence-electron chi connectivity index (χ0n) is 14.0. The van der Waals surface area contributed by atoms with Gasteiger partial charge in [0.2, 0.25) is 0 Å². The smallest absolute Gasteiger partial charge is 0.264 e. The van der Waals surface area contributed by atoms with Gasteiger partial charge in [0, 0.05) is 12.4 Å². The van der Waals surface area contributed by atoms with Crippen LogP contribution in [0.4, 0.5) is 0 Å². The summed E-state index contributed by atoms with van der Waals surface area (Å²) in [4.78, 5) is 21.3. The molecule has 4 aromatic rings. The minimum absolute atomic E-state index is 0.106. The predicted molar refractivity (Wildman–Crippen MR) is 95.9 cm³/mol. The van der Waals surface area contributed by atoms with Gasteiger partial charge in [-0.1, -0.05) is 18.2 Å². The lowest BCUT2D eigenvalue weighted by Crippen LogP contribution is -2.21. The van der Waals surface area contributed by atoms with Gasteiger partial charge < -0.3 is 0 Å². The summed E-state index contributed by atoms with van der Waals surface area (Å²) in [7, 11) is 0. The first-order valence-corrected chi connectivity index (χ1v) is 8.04. The van der Waals surface area contributed by atoms with Crippen molar-refractivity contribution in [3.8, 4) is 5.69 Å². The van der Waals surface area contributed by atoms with Crippen molar-refractivity contribution in [3.63, 3.8) is 0 Å². The van der Waals surface area contributed by atoms with Crippen LogP contribution < -0.4 is 5.56 Å². The molecule has 0 radical (unpaired) electrons. The van der Waals surface area contributed by atoms with Crippen molar-refractivity contribution in [2.75, 3.05) is 0 Å². The van der Waals surface area contributed by atoms with Crippen molar-refractivity contribution in [1.82, 2.24) is 24.3 Å². The average Bonchev–Trinajstić information content (AvgIpc) is 3.05. The molecule has 3 heterocycles. The molecule has 25 heavy (non-hydrogen) atoms. The van der Waals surface area contributed by atoms with Crippen molar-refractivity contribution in [2.45, 2.75) is 20.4 Å². The monoisotopic (exact) mass is 331 g/mol. The van der Waals surface area contributed by atoms with Crippen molar-refractivity contribution in [3.05, 3.63) is 82.3 Å². The Kier molecular flexibility index (Phi) is 3.65. The standard InChI is InChI=1S/C19H17N5O/c1-13-5-3-7-17(14(13)2)24-18-16(10-22-24)19(25)23(12-21-18)11-15-6-4-8-20-9-15/h3-10,12H,11H2,1-2H3. The van der Waals surface area contributed by atoms with E-state index in [1.807, 2.05) is 31.2 Å². The van der Waals surface area contributed by atoms with Crippen LogP contribution in [-0.2, 0) is 6.54 Å². The van der Waals surface area contributed by atoms with Gasteiger partial charge >= 0.3 is 0 Å². The topological polar surface area (TPSA) is 65.6 Å². The molecule has 0 N–H and O–H groups in total. The van der Waals surface area contributed by atoms with Crippen LogP contribution in [0.5, 0.6) is 0 Å². The quantitative estimate of drug-likeness (QED) is 0.579. The summed E-state index contributed by atoms with van der Waals surface area (Å²) in [5.74, 6) is 0. The zero-order valence-corrected chi connectivity index (χ0v) is 14.0. The molecule has 0 atom stereocenters. The summed E-state index contributed by atoms with van der Waals surface area (Å²) < 4.78 is 3.31. The molecule has 0 aliphatic rings. The highest BCUT2D eigenvalue weighted by Gasteiger charge is 2.13. The Morgan fingerprint density at radius 2 is 1.96 bits per heavy atom. The molecule has 3 aromatic heterocycles. The first-order valence-electron chi connectivity index (χ1n) is 8.04. The van der Waals surface area contributed by atoms with Gasteiger partial charge in [0.25, 0.3) is 5.56 Å². The van der Waals surface area contributed by atoms with Crippen molar-refractivity contribution < 1.29 is 0 Å². The fraction of sp³-hybridized carbons (Fsp3) is 0.158. The molecule has 0 fully saturated rings. The first-order chi connectivity index (χ1) is 12.1. The van der Waals surface area contributed by atoms with Gasteiger partial charge in [-0.3, -0.25) is 14.3 Å². The van der Waals surface area contributed by atoms with E-state index in [9.17, 15) is 4.79 Å². The zero-order chi connectivity index (χ0) is 17.4. The lowest BCUT2D eigenvalue weighted by atomic mass is 10.1. The Bertz CT molecular complexity index is 1110. The average molecular weight is 331 g/mol. The SMILES string of the molecule is Cc1cccc(-n2ncc3c(=O)n(Cc4cccnc4)cnc32)c1C. The van der Waals surface area contributed by atoms with Crippen molar-refractivity contribution in [1.29, 1.82) is 0 Å². The number of hydrogen-bond acceptors (Lipinski definition) is 4. The Morgan fingerprint density at radius 1 is 1.08 bits per heavy atom. The van der Waals surface area contributed by atoms with Crippen LogP contribution in [0.15, 0.2) is 60.0 Å². The highest BCUT2D eigenvalue weighted by atomic mass is 16.1. The summed E-state index contributed by atoms with van der Waals surface area (Å²) >= 11 is 0. The summed E-state index contributed by atoms with van der Waals surface area (Å²) in [6, 6.07) is 9.80. The van der Waals surface area contributed by atoms with E-state index in [2.05, 4.69) is 28.1 Å². The van der Waals surface area contributed by atoms with Crippen LogP contribution in [0.3, 0.4) is 0 Å². The van der Waals surface area contributed by atoms with Gasteiger partial charge in [0.05, 0.1) is 18.4 Å². The Hall–Kier alpha value is -3.28. The van der Waals surface area contributed by atoms with Crippen LogP contribution in [-0.4, -0.2) is 24.3 Å². The fourth-order valence-corrected chi connectivity index (χ4v) is 2.89. The third kappa shape index (κ3) is 2.61. The number of aryl methyl sites for hydroxylation is 1. The second kappa shape index (κ2) is 5.98. The van der Waals surface area contributed by atoms with Crippen LogP contribution >= 0.6 is 0 Å². The van der Waals surface area contributed by atoms with Crippen LogP contribution in [0.25, 0.3) is 16.7 Å². The van der Waals surface area contributed by atoms with Gasteiger partial charge in [0.1, 0.15) is 11.7 Å². The highest BCUT2D eigenvalue weighted by molar-refractivity contribution is 5.75. The number of benzene rings is 1. The molecular formula is C19H17N5O. The minimum atomic E-state index is -0.106. The number of hydrogen-bond donors (Lipinski definition) is 0. The van der Waals surface area contributed by atoms with Crippen molar-refractivity contribution in [2.24, 2.45) is 0 Å². The molecule has 0 saturated heterocycles. The van der Waals surface area contributed by atoms with Crippen molar-refractivity contribution >= 4 is 11.0 Å². The number of pyridine rings is 1. The largest absolute Gasteiger partial charge is 0.294 e. The maximum Gasteiger partial charge on any atom is 0.264 e. The number of rotatable bonds is 3. The minimum Gasteiger partial charge on any atom is -0.294 e. The lowest BCUT2D eigenvalue weighted by Gasteiger charge is -2.09. The summed E-state index contributed by atoms with van der Waals surface area (Å²) in [5.41, 5.74) is 4.64. The van der Waals surface area contributed by atoms with Gasteiger partial charge in [-0.2, -0.15) is 5.10 Å². The molecule has 0 saturated carbocycles. The third-order valence-electron chi connectivity index (χ3n) is 4.43. The molecule has 4 rings (SSSR count). The second-order valence-corrected chi connectivity index (χ2v) is 6.05. The van der Waals surface area contributed by atoms with Gasteiger partial charge in [0.15, 0.2) is 5.65 Å². The number of aromatic nitrogens is 5. The van der Waals surface area contributed by atoms with E-state index in [-0.39, 0.29) is 5.56 Å². The van der Waals surface area contributed by atoms with E-state index < -0.39 is 0 Å². The molecule has 6 nitrogen and oxygen atoms in total. The highest BCUT2D eigenvalue weighted by Crippen LogP contribution is 2.20. The molecule has 1 aromatic carbocycles. The summed E-state index contributed by atoms with van der Waals surface area (Å²) in [5, 5.41) is 4.91. The van der Waals surface area contributed by atoms with Crippen LogP contribution in [0, 0.1) is 13.8 Å². The van der Waals surface area contributed by atoms with E-state index in [4.69, 9.17) is 0 Å². The Balaban J connectivity index is 1.82. The van der Waals surface area contributed by atoms with Gasteiger partial charge in [-0.15, -0.1) is 0 Å². The lowest BCUT2D eigenvalue weighted by molar-refractivity contribution is 0.742.